The van der Waals surface area contributed by atoms with Crippen molar-refractivity contribution >= 4 is 11.6 Å². The third kappa shape index (κ3) is 4.16. The van der Waals surface area contributed by atoms with E-state index in [2.05, 4.69) is 12.2 Å². The van der Waals surface area contributed by atoms with Crippen LogP contribution in [0.1, 0.15) is 38.8 Å². The second-order valence-electron chi connectivity index (χ2n) is 4.84. The molecule has 2 unspecified atom stereocenters. The normalized spacial score (nSPS) is 16.1. The van der Waals surface area contributed by atoms with Gasteiger partial charge in [0.05, 0.1) is 10.6 Å². The zero-order valence-corrected chi connectivity index (χ0v) is 12.2. The highest BCUT2D eigenvalue weighted by Gasteiger charge is 2.19. The summed E-state index contributed by atoms with van der Waals surface area (Å²) in [6.45, 7) is 5.97. The number of aliphatic hydroxyl groups is 1. The molecule has 0 amide bonds. The van der Waals surface area contributed by atoms with Gasteiger partial charge >= 0.3 is 0 Å². The first-order valence-corrected chi connectivity index (χ1v) is 6.59. The van der Waals surface area contributed by atoms with Gasteiger partial charge in [-0.25, -0.2) is 0 Å². The average Bonchev–Trinajstić information content (AvgIpc) is 2.36. The van der Waals surface area contributed by atoms with E-state index in [9.17, 15) is 5.11 Å². The van der Waals surface area contributed by atoms with Crippen molar-refractivity contribution in [1.82, 2.24) is 5.32 Å². The lowest BCUT2D eigenvalue weighted by atomic mass is 10.1. The van der Waals surface area contributed by atoms with E-state index in [0.717, 1.165) is 5.56 Å². The van der Waals surface area contributed by atoms with Crippen LogP contribution in [0.15, 0.2) is 18.2 Å². The Morgan fingerprint density at radius 1 is 1.50 bits per heavy atom. The SMILES string of the molecule is CCC(C)(O)COc1ccc(C(C)NC)cc1Cl. The van der Waals surface area contributed by atoms with Crippen molar-refractivity contribution in [3.63, 3.8) is 0 Å². The predicted molar refractivity (Wildman–Crippen MR) is 75.3 cm³/mol. The van der Waals surface area contributed by atoms with Crippen molar-refractivity contribution in [2.75, 3.05) is 13.7 Å². The van der Waals surface area contributed by atoms with Gasteiger partial charge in [-0.1, -0.05) is 24.6 Å². The van der Waals surface area contributed by atoms with Crippen LogP contribution in [0.3, 0.4) is 0 Å². The molecule has 0 heterocycles. The fourth-order valence-corrected chi connectivity index (χ4v) is 1.65. The largest absolute Gasteiger partial charge is 0.489 e. The minimum Gasteiger partial charge on any atom is -0.489 e. The van der Waals surface area contributed by atoms with Gasteiger partial charge < -0.3 is 15.2 Å². The zero-order valence-electron chi connectivity index (χ0n) is 11.5. The van der Waals surface area contributed by atoms with Gasteiger partial charge in [0.15, 0.2) is 0 Å². The fraction of sp³-hybridized carbons (Fsp3) is 0.571. The Kier molecular flexibility index (Phi) is 5.45. The van der Waals surface area contributed by atoms with Gasteiger partial charge in [-0.2, -0.15) is 0 Å². The molecule has 0 radical (unpaired) electrons. The molecule has 0 saturated heterocycles. The third-order valence-electron chi connectivity index (χ3n) is 3.19. The number of hydrogen-bond donors (Lipinski definition) is 2. The standard InChI is InChI=1S/C14H22ClNO2/c1-5-14(3,17)9-18-13-7-6-11(8-12(13)15)10(2)16-4/h6-8,10,16-17H,5,9H2,1-4H3. The Bertz CT molecular complexity index is 393. The summed E-state index contributed by atoms with van der Waals surface area (Å²) in [6.07, 6.45) is 0.638. The first kappa shape index (κ1) is 15.3. The maximum Gasteiger partial charge on any atom is 0.138 e. The Hall–Kier alpha value is -0.770. The Balaban J connectivity index is 2.74. The first-order valence-electron chi connectivity index (χ1n) is 6.21. The highest BCUT2D eigenvalue weighted by molar-refractivity contribution is 6.32. The summed E-state index contributed by atoms with van der Waals surface area (Å²) < 4.78 is 5.56. The lowest BCUT2D eigenvalue weighted by molar-refractivity contribution is 0.00850. The summed E-state index contributed by atoms with van der Waals surface area (Å²) in [5.41, 5.74) is 0.289. The van der Waals surface area contributed by atoms with Gasteiger partial charge in [-0.3, -0.25) is 0 Å². The number of benzene rings is 1. The van der Waals surface area contributed by atoms with Crippen LogP contribution >= 0.6 is 11.6 Å². The van der Waals surface area contributed by atoms with Crippen LogP contribution in [0.25, 0.3) is 0 Å². The van der Waals surface area contributed by atoms with Crippen LogP contribution in [0, 0.1) is 0 Å². The lowest BCUT2D eigenvalue weighted by Gasteiger charge is -2.22. The number of nitrogens with one attached hydrogen (secondary N) is 1. The minimum absolute atomic E-state index is 0.240. The molecule has 0 bridgehead atoms. The topological polar surface area (TPSA) is 41.5 Å². The van der Waals surface area contributed by atoms with Crippen molar-refractivity contribution < 1.29 is 9.84 Å². The van der Waals surface area contributed by atoms with Crippen LogP contribution < -0.4 is 10.1 Å². The smallest absolute Gasteiger partial charge is 0.138 e. The number of ether oxygens (including phenoxy) is 1. The third-order valence-corrected chi connectivity index (χ3v) is 3.48. The quantitative estimate of drug-likeness (QED) is 0.835. The molecule has 102 valence electrons. The van der Waals surface area contributed by atoms with Crippen LogP contribution in [-0.4, -0.2) is 24.4 Å². The minimum atomic E-state index is -0.819. The molecule has 0 saturated carbocycles. The van der Waals surface area contributed by atoms with Gasteiger partial charge in [0.25, 0.3) is 0 Å². The van der Waals surface area contributed by atoms with E-state index >= 15 is 0 Å². The van der Waals surface area contributed by atoms with Crippen LogP contribution in [-0.2, 0) is 0 Å². The molecule has 0 aliphatic rings. The Morgan fingerprint density at radius 2 is 2.17 bits per heavy atom. The van der Waals surface area contributed by atoms with Gasteiger partial charge in [-0.05, 0) is 45.0 Å². The van der Waals surface area contributed by atoms with Crippen molar-refractivity contribution in [1.29, 1.82) is 0 Å². The van der Waals surface area contributed by atoms with E-state index in [-0.39, 0.29) is 12.6 Å². The summed E-state index contributed by atoms with van der Waals surface area (Å²) in [6, 6.07) is 5.95. The highest BCUT2D eigenvalue weighted by atomic mass is 35.5. The molecule has 0 aromatic heterocycles. The second-order valence-corrected chi connectivity index (χ2v) is 5.25. The number of rotatable bonds is 6. The molecule has 0 spiro atoms. The summed E-state index contributed by atoms with van der Waals surface area (Å²) in [4.78, 5) is 0. The van der Waals surface area contributed by atoms with Crippen molar-refractivity contribution in [2.24, 2.45) is 0 Å². The fourth-order valence-electron chi connectivity index (χ4n) is 1.41. The molecular weight excluding hydrogens is 250 g/mol. The molecule has 1 aromatic rings. The molecule has 0 aliphatic carbocycles. The molecule has 2 N–H and O–H groups in total. The van der Waals surface area contributed by atoms with E-state index in [1.807, 2.05) is 32.2 Å². The van der Waals surface area contributed by atoms with Crippen LogP contribution in [0.4, 0.5) is 0 Å². The Morgan fingerprint density at radius 3 is 2.67 bits per heavy atom. The molecule has 0 fully saturated rings. The number of hydrogen-bond acceptors (Lipinski definition) is 3. The molecule has 4 heteroatoms. The van der Waals surface area contributed by atoms with E-state index in [1.165, 1.54) is 0 Å². The van der Waals surface area contributed by atoms with Gasteiger partial charge in [0.2, 0.25) is 0 Å². The van der Waals surface area contributed by atoms with Crippen molar-refractivity contribution in [3.05, 3.63) is 28.8 Å². The average molecular weight is 272 g/mol. The maximum atomic E-state index is 9.88. The van der Waals surface area contributed by atoms with E-state index < -0.39 is 5.60 Å². The summed E-state index contributed by atoms with van der Waals surface area (Å²) in [5, 5.41) is 13.6. The first-order chi connectivity index (χ1) is 8.39. The second kappa shape index (κ2) is 6.41. The molecule has 18 heavy (non-hydrogen) atoms. The maximum absolute atomic E-state index is 9.88. The predicted octanol–water partition coefficient (Wildman–Crippen LogP) is 3.16. The van der Waals surface area contributed by atoms with E-state index in [4.69, 9.17) is 16.3 Å². The molecule has 1 rings (SSSR count). The molecule has 3 nitrogen and oxygen atoms in total. The summed E-state index contributed by atoms with van der Waals surface area (Å²) in [7, 11) is 1.90. The molecule has 1 aromatic carbocycles. The highest BCUT2D eigenvalue weighted by Crippen LogP contribution is 2.28. The van der Waals surface area contributed by atoms with Crippen LogP contribution in [0.5, 0.6) is 5.75 Å². The number of halogens is 1. The lowest BCUT2D eigenvalue weighted by Crippen LogP contribution is -2.31. The van der Waals surface area contributed by atoms with Gasteiger partial charge in [0.1, 0.15) is 12.4 Å². The van der Waals surface area contributed by atoms with Crippen molar-refractivity contribution in [3.8, 4) is 5.75 Å². The van der Waals surface area contributed by atoms with Crippen molar-refractivity contribution in [2.45, 2.75) is 38.8 Å². The Labute approximate surface area is 114 Å². The zero-order chi connectivity index (χ0) is 13.8. The van der Waals surface area contributed by atoms with Gasteiger partial charge in [-0.15, -0.1) is 0 Å². The summed E-state index contributed by atoms with van der Waals surface area (Å²) in [5.74, 6) is 0.609. The monoisotopic (exact) mass is 271 g/mol. The molecule has 0 aliphatic heterocycles. The molecular formula is C14H22ClNO2. The van der Waals surface area contributed by atoms with Crippen LogP contribution in [0.2, 0.25) is 5.02 Å². The van der Waals surface area contributed by atoms with Gasteiger partial charge in [0, 0.05) is 6.04 Å². The summed E-state index contributed by atoms with van der Waals surface area (Å²) >= 11 is 6.17. The molecule has 2 atom stereocenters. The van der Waals surface area contributed by atoms with E-state index in [0.29, 0.717) is 17.2 Å². The van der Waals surface area contributed by atoms with E-state index in [1.54, 1.807) is 6.92 Å².